The first-order chi connectivity index (χ1) is 10.6. The van der Waals surface area contributed by atoms with Crippen LogP contribution in [0.1, 0.15) is 0 Å². The summed E-state index contributed by atoms with van der Waals surface area (Å²) in [7, 11) is -4.14. The van der Waals surface area contributed by atoms with Crippen molar-refractivity contribution >= 4 is 27.2 Å². The third-order valence-corrected chi connectivity index (χ3v) is 4.10. The van der Waals surface area contributed by atoms with Gasteiger partial charge in [-0.25, -0.2) is 13.2 Å². The van der Waals surface area contributed by atoms with Crippen LogP contribution in [0.2, 0.25) is 0 Å². The molecule has 0 aliphatic carbocycles. The van der Waals surface area contributed by atoms with Crippen molar-refractivity contribution in [3.05, 3.63) is 50.6 Å². The molecule has 0 heterocycles. The van der Waals surface area contributed by atoms with Crippen LogP contribution in [0.5, 0.6) is 0 Å². The van der Waals surface area contributed by atoms with Crippen LogP contribution in [0.25, 0.3) is 0 Å². The van der Waals surface area contributed by atoms with Crippen molar-refractivity contribution in [2.75, 3.05) is 12.4 Å². The second kappa shape index (κ2) is 7.42. The van der Waals surface area contributed by atoms with Gasteiger partial charge in [0, 0.05) is 18.7 Å². The topological polar surface area (TPSA) is 170 Å². The SMILES string of the molecule is O=C(O)C=CCNCS(=O)(=O)c1ccc([N+](=O)[O-])cc1[N+](=O)[O-]. The molecule has 124 valence electrons. The molecule has 0 fully saturated rings. The summed E-state index contributed by atoms with van der Waals surface area (Å²) >= 11 is 0. The smallest absolute Gasteiger partial charge is 0.328 e. The summed E-state index contributed by atoms with van der Waals surface area (Å²) in [5, 5.41) is 32.3. The van der Waals surface area contributed by atoms with Crippen LogP contribution in [0.3, 0.4) is 0 Å². The number of nitro benzene ring substituents is 2. The fraction of sp³-hybridized carbons (Fsp3) is 0.182. The molecule has 0 radical (unpaired) electrons. The van der Waals surface area contributed by atoms with Gasteiger partial charge in [-0.15, -0.1) is 0 Å². The highest BCUT2D eigenvalue weighted by atomic mass is 32.2. The number of nitrogens with one attached hydrogen (secondary N) is 1. The molecule has 0 unspecified atom stereocenters. The summed E-state index contributed by atoms with van der Waals surface area (Å²) in [6.07, 6.45) is 1.95. The fourth-order valence-electron chi connectivity index (χ4n) is 1.54. The Labute approximate surface area is 129 Å². The minimum Gasteiger partial charge on any atom is -0.478 e. The predicted molar refractivity (Wildman–Crippen MR) is 76.6 cm³/mol. The molecule has 0 aromatic heterocycles. The highest BCUT2D eigenvalue weighted by molar-refractivity contribution is 7.91. The minimum atomic E-state index is -4.14. The molecule has 0 aliphatic heterocycles. The molecule has 0 saturated carbocycles. The predicted octanol–water partition coefficient (Wildman–Crippen LogP) is 0.465. The largest absolute Gasteiger partial charge is 0.478 e. The Hall–Kier alpha value is -2.86. The molecule has 0 spiro atoms. The minimum absolute atomic E-state index is 0.0910. The standard InChI is InChI=1S/C11H11N3O8S/c15-11(16)2-1-5-12-7-23(21,22)10-4-3-8(13(17)18)6-9(10)14(19)20/h1-4,6,12H,5,7H2,(H,15,16). The summed E-state index contributed by atoms with van der Waals surface area (Å²) in [4.78, 5) is 29.2. The molecule has 23 heavy (non-hydrogen) atoms. The lowest BCUT2D eigenvalue weighted by Gasteiger charge is -2.05. The molecular formula is C11H11N3O8S. The number of carbonyl (C=O) groups is 1. The zero-order valence-electron chi connectivity index (χ0n) is 11.4. The summed E-state index contributed by atoms with van der Waals surface area (Å²) < 4.78 is 24.1. The van der Waals surface area contributed by atoms with Gasteiger partial charge in [0.05, 0.1) is 15.9 Å². The number of hydrogen-bond donors (Lipinski definition) is 2. The molecule has 12 heteroatoms. The number of nitrogens with zero attached hydrogens (tertiary/aromatic N) is 2. The Morgan fingerprint density at radius 3 is 2.43 bits per heavy atom. The van der Waals surface area contributed by atoms with E-state index >= 15 is 0 Å². The van der Waals surface area contributed by atoms with Gasteiger partial charge in [-0.1, -0.05) is 6.08 Å². The van der Waals surface area contributed by atoms with E-state index in [2.05, 4.69) is 5.32 Å². The maximum atomic E-state index is 12.1. The van der Waals surface area contributed by atoms with E-state index in [1.165, 1.54) is 0 Å². The Bertz CT molecular complexity index is 771. The van der Waals surface area contributed by atoms with E-state index in [4.69, 9.17) is 5.11 Å². The molecule has 1 rings (SSSR count). The highest BCUT2D eigenvalue weighted by Gasteiger charge is 2.28. The van der Waals surface area contributed by atoms with E-state index in [1.54, 1.807) is 0 Å². The third kappa shape index (κ3) is 5.12. The van der Waals surface area contributed by atoms with Crippen molar-refractivity contribution in [2.24, 2.45) is 0 Å². The first-order valence-electron chi connectivity index (χ1n) is 5.91. The summed E-state index contributed by atoms with van der Waals surface area (Å²) in [6, 6.07) is 2.21. The average Bonchev–Trinajstić information content (AvgIpc) is 2.45. The molecule has 1 aromatic carbocycles. The number of hydrogen-bond acceptors (Lipinski definition) is 8. The Morgan fingerprint density at radius 1 is 1.26 bits per heavy atom. The lowest BCUT2D eigenvalue weighted by Crippen LogP contribution is -2.24. The number of nitro groups is 2. The molecule has 0 bridgehead atoms. The van der Waals surface area contributed by atoms with E-state index in [1.807, 2.05) is 0 Å². The Kier molecular flexibility index (Phi) is 5.87. The van der Waals surface area contributed by atoms with Crippen molar-refractivity contribution in [1.29, 1.82) is 0 Å². The van der Waals surface area contributed by atoms with Crippen molar-refractivity contribution < 1.29 is 28.2 Å². The molecule has 1 aromatic rings. The molecule has 2 N–H and O–H groups in total. The molecule has 11 nitrogen and oxygen atoms in total. The number of carboxylic acids is 1. The first-order valence-corrected chi connectivity index (χ1v) is 7.56. The molecule has 0 saturated heterocycles. The lowest BCUT2D eigenvalue weighted by molar-refractivity contribution is -0.396. The number of sulfone groups is 1. The summed E-state index contributed by atoms with van der Waals surface area (Å²) in [5.74, 6) is -1.91. The third-order valence-electron chi connectivity index (χ3n) is 2.50. The van der Waals surface area contributed by atoms with Gasteiger partial charge in [0.25, 0.3) is 11.4 Å². The van der Waals surface area contributed by atoms with Gasteiger partial charge in [-0.05, 0) is 6.07 Å². The normalized spacial score (nSPS) is 11.5. The van der Waals surface area contributed by atoms with Crippen LogP contribution in [0.15, 0.2) is 35.2 Å². The van der Waals surface area contributed by atoms with Crippen LogP contribution < -0.4 is 5.32 Å². The van der Waals surface area contributed by atoms with Gasteiger partial charge in [0.2, 0.25) is 0 Å². The monoisotopic (exact) mass is 345 g/mol. The molecule has 0 aliphatic rings. The molecule has 0 amide bonds. The van der Waals surface area contributed by atoms with E-state index in [9.17, 15) is 33.4 Å². The highest BCUT2D eigenvalue weighted by Crippen LogP contribution is 2.28. The van der Waals surface area contributed by atoms with Crippen molar-refractivity contribution in [1.82, 2.24) is 5.32 Å². The van der Waals surface area contributed by atoms with Crippen LogP contribution in [-0.2, 0) is 14.6 Å². The van der Waals surface area contributed by atoms with Gasteiger partial charge >= 0.3 is 5.97 Å². The van der Waals surface area contributed by atoms with Crippen LogP contribution in [0.4, 0.5) is 11.4 Å². The number of carboxylic acid groups (broad SMARTS) is 1. The quantitative estimate of drug-likeness (QED) is 0.294. The van der Waals surface area contributed by atoms with Crippen molar-refractivity contribution in [3.8, 4) is 0 Å². The van der Waals surface area contributed by atoms with E-state index in [0.29, 0.717) is 6.07 Å². The summed E-state index contributed by atoms with van der Waals surface area (Å²) in [6.45, 7) is -0.0910. The van der Waals surface area contributed by atoms with Crippen LogP contribution in [0, 0.1) is 20.2 Å². The lowest BCUT2D eigenvalue weighted by atomic mass is 10.3. The van der Waals surface area contributed by atoms with Crippen LogP contribution in [-0.4, -0.2) is 41.8 Å². The van der Waals surface area contributed by atoms with Gasteiger partial charge in [-0.3, -0.25) is 25.5 Å². The van der Waals surface area contributed by atoms with Gasteiger partial charge in [-0.2, -0.15) is 0 Å². The Balaban J connectivity index is 3.01. The van der Waals surface area contributed by atoms with Crippen molar-refractivity contribution in [3.63, 3.8) is 0 Å². The maximum absolute atomic E-state index is 12.1. The van der Waals surface area contributed by atoms with E-state index < -0.39 is 47.8 Å². The number of aliphatic carboxylic acids is 1. The van der Waals surface area contributed by atoms with E-state index in [0.717, 1.165) is 24.3 Å². The second-order valence-electron chi connectivity index (χ2n) is 4.12. The average molecular weight is 345 g/mol. The van der Waals surface area contributed by atoms with Gasteiger partial charge < -0.3 is 5.11 Å². The first kappa shape index (κ1) is 18.2. The van der Waals surface area contributed by atoms with Gasteiger partial charge in [0.1, 0.15) is 10.8 Å². The number of non-ortho nitro benzene ring substituents is 1. The zero-order chi connectivity index (χ0) is 17.6. The van der Waals surface area contributed by atoms with Crippen LogP contribution >= 0.6 is 0 Å². The maximum Gasteiger partial charge on any atom is 0.328 e. The summed E-state index contributed by atoms with van der Waals surface area (Å²) in [5.41, 5.74) is -1.50. The molecule has 0 atom stereocenters. The zero-order valence-corrected chi connectivity index (χ0v) is 12.2. The number of rotatable bonds is 8. The van der Waals surface area contributed by atoms with E-state index in [-0.39, 0.29) is 6.54 Å². The second-order valence-corrected chi connectivity index (χ2v) is 6.08. The van der Waals surface area contributed by atoms with Crippen molar-refractivity contribution in [2.45, 2.75) is 4.90 Å². The molecular weight excluding hydrogens is 334 g/mol. The number of benzene rings is 1. The Morgan fingerprint density at radius 2 is 1.91 bits per heavy atom. The fourth-order valence-corrected chi connectivity index (χ4v) is 2.81. The van der Waals surface area contributed by atoms with Gasteiger partial charge in [0.15, 0.2) is 9.84 Å².